The number of hydrogen-bond donors (Lipinski definition) is 1. The molecule has 0 aromatic carbocycles. The molecule has 2 rings (SSSR count). The first kappa shape index (κ1) is 21.3. The van der Waals surface area contributed by atoms with Crippen molar-refractivity contribution < 1.29 is 23.7 Å². The van der Waals surface area contributed by atoms with E-state index < -0.39 is 23.6 Å². The molecule has 9 heteroatoms. The number of nitrogens with zero attached hydrogens (tertiary/aromatic N) is 2. The molecular weight excluding hydrogens is 354 g/mol. The Hall–Kier alpha value is -1.97. The lowest BCUT2D eigenvalue weighted by Gasteiger charge is -2.19. The van der Waals surface area contributed by atoms with Crippen molar-refractivity contribution in [2.24, 2.45) is 0 Å². The summed E-state index contributed by atoms with van der Waals surface area (Å²) < 4.78 is 23.6. The van der Waals surface area contributed by atoms with Crippen LogP contribution < -0.4 is 11.0 Å². The summed E-state index contributed by atoms with van der Waals surface area (Å²) in [7, 11) is 0. The third-order valence-electron chi connectivity index (χ3n) is 3.82. The van der Waals surface area contributed by atoms with Crippen LogP contribution in [0.25, 0.3) is 0 Å². The molecule has 0 spiro atoms. The first-order chi connectivity index (χ1) is 12.7. The Morgan fingerprint density at radius 1 is 1.37 bits per heavy atom. The summed E-state index contributed by atoms with van der Waals surface area (Å²) >= 11 is 0. The molecule has 1 fully saturated rings. The molecule has 1 aliphatic rings. The highest BCUT2D eigenvalue weighted by Crippen LogP contribution is 2.30. The molecule has 1 aliphatic heterocycles. The van der Waals surface area contributed by atoms with E-state index in [1.807, 2.05) is 13.8 Å². The fraction of sp³-hybridized carbons (Fsp3) is 0.722. The smallest absolute Gasteiger partial charge is 0.413 e. The van der Waals surface area contributed by atoms with Crippen LogP contribution in [0, 0.1) is 0 Å². The van der Waals surface area contributed by atoms with E-state index in [4.69, 9.17) is 18.9 Å². The minimum Gasteiger partial charge on any atom is -0.444 e. The SMILES string of the molecule is CCOC[C@H]1O[C@@H](n2ccc(NC(=O)OC(C)(C)C)nc2=O)C[C@H]1OCC. The Labute approximate surface area is 159 Å². The normalized spacial score (nSPS) is 22.6. The van der Waals surface area contributed by atoms with Gasteiger partial charge in [-0.05, 0) is 40.7 Å². The second-order valence-corrected chi connectivity index (χ2v) is 7.15. The van der Waals surface area contributed by atoms with E-state index >= 15 is 0 Å². The third kappa shape index (κ3) is 6.30. The van der Waals surface area contributed by atoms with Gasteiger partial charge in [0.15, 0.2) is 0 Å². The van der Waals surface area contributed by atoms with Crippen LogP contribution in [0.3, 0.4) is 0 Å². The van der Waals surface area contributed by atoms with Crippen molar-refractivity contribution in [2.75, 3.05) is 25.1 Å². The zero-order chi connectivity index (χ0) is 20.0. The number of carbonyl (C=O) groups is 1. The Balaban J connectivity index is 2.06. The maximum Gasteiger partial charge on any atom is 0.413 e. The van der Waals surface area contributed by atoms with Crippen LogP contribution >= 0.6 is 0 Å². The summed E-state index contributed by atoms with van der Waals surface area (Å²) in [6.45, 7) is 10.6. The summed E-state index contributed by atoms with van der Waals surface area (Å²) in [5.74, 6) is 0.121. The zero-order valence-corrected chi connectivity index (χ0v) is 16.6. The highest BCUT2D eigenvalue weighted by atomic mass is 16.6. The van der Waals surface area contributed by atoms with E-state index in [-0.39, 0.29) is 18.0 Å². The number of carbonyl (C=O) groups excluding carboxylic acids is 1. The zero-order valence-electron chi connectivity index (χ0n) is 16.6. The van der Waals surface area contributed by atoms with Crippen LogP contribution in [-0.2, 0) is 18.9 Å². The predicted molar refractivity (Wildman–Crippen MR) is 98.8 cm³/mol. The van der Waals surface area contributed by atoms with Crippen molar-refractivity contribution in [3.63, 3.8) is 0 Å². The molecule has 0 radical (unpaired) electrons. The van der Waals surface area contributed by atoms with Crippen LogP contribution in [0.4, 0.5) is 10.6 Å². The fourth-order valence-electron chi connectivity index (χ4n) is 2.75. The third-order valence-corrected chi connectivity index (χ3v) is 3.82. The molecule has 1 amide bonds. The number of ether oxygens (including phenoxy) is 4. The van der Waals surface area contributed by atoms with Gasteiger partial charge in [-0.25, -0.2) is 9.59 Å². The Morgan fingerprint density at radius 2 is 2.11 bits per heavy atom. The summed E-state index contributed by atoms with van der Waals surface area (Å²) in [5, 5.41) is 2.45. The predicted octanol–water partition coefficient (Wildman–Crippen LogP) is 2.32. The molecule has 0 aliphatic carbocycles. The van der Waals surface area contributed by atoms with Gasteiger partial charge in [-0.2, -0.15) is 4.98 Å². The van der Waals surface area contributed by atoms with Crippen molar-refractivity contribution in [3.05, 3.63) is 22.7 Å². The van der Waals surface area contributed by atoms with Gasteiger partial charge >= 0.3 is 11.8 Å². The van der Waals surface area contributed by atoms with E-state index in [2.05, 4.69) is 10.3 Å². The second kappa shape index (κ2) is 9.29. The average molecular weight is 383 g/mol. The van der Waals surface area contributed by atoms with Gasteiger partial charge in [-0.3, -0.25) is 9.88 Å². The Bertz CT molecular complexity index is 684. The lowest BCUT2D eigenvalue weighted by atomic mass is 10.2. The maximum absolute atomic E-state index is 12.4. The van der Waals surface area contributed by atoms with Crippen molar-refractivity contribution in [2.45, 2.75) is 65.1 Å². The van der Waals surface area contributed by atoms with Gasteiger partial charge in [0, 0.05) is 25.8 Å². The number of nitrogens with one attached hydrogen (secondary N) is 1. The van der Waals surface area contributed by atoms with E-state index in [0.29, 0.717) is 26.2 Å². The van der Waals surface area contributed by atoms with Crippen LogP contribution in [0.2, 0.25) is 0 Å². The minimum absolute atomic E-state index is 0.121. The first-order valence-corrected chi connectivity index (χ1v) is 9.17. The molecular formula is C18H29N3O6. The van der Waals surface area contributed by atoms with Crippen LogP contribution in [0.15, 0.2) is 17.1 Å². The van der Waals surface area contributed by atoms with Gasteiger partial charge in [-0.1, -0.05) is 0 Å². The van der Waals surface area contributed by atoms with Crippen molar-refractivity contribution >= 4 is 11.9 Å². The molecule has 0 unspecified atom stereocenters. The van der Waals surface area contributed by atoms with Gasteiger partial charge in [0.1, 0.15) is 23.8 Å². The summed E-state index contributed by atoms with van der Waals surface area (Å²) in [5.41, 5.74) is -1.17. The standard InChI is InChI=1S/C18H29N3O6/c1-6-24-11-13-12(25-7-2)10-15(26-13)21-9-8-14(19-16(21)22)20-17(23)27-18(3,4)5/h8-9,12-13,15H,6-7,10-11H2,1-5H3,(H,19,20,22,23)/t12-,13-,15-/m1/s1. The summed E-state index contributed by atoms with van der Waals surface area (Å²) in [6, 6.07) is 1.53. The van der Waals surface area contributed by atoms with E-state index in [9.17, 15) is 9.59 Å². The molecule has 9 nitrogen and oxygen atoms in total. The minimum atomic E-state index is -0.669. The summed E-state index contributed by atoms with van der Waals surface area (Å²) in [4.78, 5) is 28.1. The number of hydrogen-bond acceptors (Lipinski definition) is 7. The van der Waals surface area contributed by atoms with E-state index in [0.717, 1.165) is 0 Å². The maximum atomic E-state index is 12.4. The first-order valence-electron chi connectivity index (χ1n) is 9.17. The van der Waals surface area contributed by atoms with Gasteiger partial charge in [0.2, 0.25) is 0 Å². The van der Waals surface area contributed by atoms with Gasteiger partial charge in [-0.15, -0.1) is 0 Å². The molecule has 3 atom stereocenters. The fourth-order valence-corrected chi connectivity index (χ4v) is 2.75. The monoisotopic (exact) mass is 383 g/mol. The second-order valence-electron chi connectivity index (χ2n) is 7.15. The number of amides is 1. The molecule has 2 heterocycles. The quantitative estimate of drug-likeness (QED) is 0.771. The molecule has 1 aromatic heterocycles. The van der Waals surface area contributed by atoms with Crippen molar-refractivity contribution in [1.82, 2.24) is 9.55 Å². The number of rotatable bonds is 7. The largest absolute Gasteiger partial charge is 0.444 e. The molecule has 0 saturated carbocycles. The van der Waals surface area contributed by atoms with Crippen molar-refractivity contribution in [1.29, 1.82) is 0 Å². The Morgan fingerprint density at radius 3 is 2.70 bits per heavy atom. The van der Waals surface area contributed by atoms with Crippen LogP contribution in [-0.4, -0.2) is 53.3 Å². The van der Waals surface area contributed by atoms with Gasteiger partial charge in [0.05, 0.1) is 12.7 Å². The average Bonchev–Trinajstić information content (AvgIpc) is 2.94. The molecule has 1 aromatic rings. The van der Waals surface area contributed by atoms with Crippen LogP contribution in [0.1, 0.15) is 47.3 Å². The van der Waals surface area contributed by atoms with Crippen molar-refractivity contribution in [3.8, 4) is 0 Å². The Kier molecular flexibility index (Phi) is 7.34. The number of anilines is 1. The molecule has 27 heavy (non-hydrogen) atoms. The molecule has 152 valence electrons. The van der Waals surface area contributed by atoms with E-state index in [1.54, 1.807) is 27.0 Å². The molecule has 1 N–H and O–H groups in total. The molecule has 0 bridgehead atoms. The van der Waals surface area contributed by atoms with Crippen LogP contribution in [0.5, 0.6) is 0 Å². The highest BCUT2D eigenvalue weighted by Gasteiger charge is 2.37. The topological polar surface area (TPSA) is 101 Å². The highest BCUT2D eigenvalue weighted by molar-refractivity contribution is 5.83. The lowest BCUT2D eigenvalue weighted by molar-refractivity contribution is -0.0742. The van der Waals surface area contributed by atoms with Gasteiger partial charge in [0.25, 0.3) is 0 Å². The lowest BCUT2D eigenvalue weighted by Crippen LogP contribution is -2.31. The number of aromatic nitrogens is 2. The van der Waals surface area contributed by atoms with E-state index in [1.165, 1.54) is 10.6 Å². The molecule has 1 saturated heterocycles. The summed E-state index contributed by atoms with van der Waals surface area (Å²) in [6.07, 6.45) is 0.490. The van der Waals surface area contributed by atoms with Gasteiger partial charge < -0.3 is 18.9 Å².